The zero-order valence-electron chi connectivity index (χ0n) is 52.2. The van der Waals surface area contributed by atoms with Gasteiger partial charge in [-0.15, -0.1) is 0 Å². The Morgan fingerprint density at radius 1 is 0.841 bits per heavy atom. The van der Waals surface area contributed by atoms with E-state index in [1.165, 1.54) is 32.4 Å². The van der Waals surface area contributed by atoms with E-state index in [0.717, 1.165) is 148 Å². The summed E-state index contributed by atoms with van der Waals surface area (Å²) in [4.78, 5) is 30.3. The molecule has 0 radical (unpaired) electrons. The molecule has 8 N–H and O–H groups in total. The number of ether oxygens (including phenoxy) is 5. The Bertz CT molecular complexity index is 3340. The third-order valence-corrected chi connectivity index (χ3v) is 22.3. The number of anilines is 1. The van der Waals surface area contributed by atoms with Crippen LogP contribution in [0.4, 0.5) is 5.69 Å². The minimum atomic E-state index is -1.09. The molecule has 4 aromatic rings. The van der Waals surface area contributed by atoms with E-state index in [0.29, 0.717) is 72.2 Å². The second-order valence-corrected chi connectivity index (χ2v) is 27.1. The van der Waals surface area contributed by atoms with Crippen LogP contribution in [0.3, 0.4) is 0 Å². The quantitative estimate of drug-likeness (QED) is 0.0272. The normalized spacial score (nSPS) is 28.4. The summed E-state index contributed by atoms with van der Waals surface area (Å²) in [6.07, 6.45) is 22.8. The third-order valence-electron chi connectivity index (χ3n) is 22.3. The highest BCUT2D eigenvalue weighted by Crippen LogP contribution is 2.62. The van der Waals surface area contributed by atoms with E-state index >= 15 is 0 Å². The van der Waals surface area contributed by atoms with E-state index < -0.39 is 40.8 Å². The molecule has 4 aliphatic heterocycles. The van der Waals surface area contributed by atoms with E-state index in [2.05, 4.69) is 65.5 Å². The lowest BCUT2D eigenvalue weighted by Gasteiger charge is -2.60. The predicted molar refractivity (Wildman–Crippen MR) is 339 cm³/mol. The number of carbonyl (C=O) groups is 2. The smallest absolute Gasteiger partial charge is 0.258 e. The van der Waals surface area contributed by atoms with Gasteiger partial charge in [0.15, 0.2) is 23.5 Å². The maximum Gasteiger partial charge on any atom is 0.258 e. The molecule has 16 heteroatoms. The van der Waals surface area contributed by atoms with Crippen molar-refractivity contribution < 1.29 is 53.7 Å². The Labute approximate surface area is 519 Å². The zero-order valence-corrected chi connectivity index (χ0v) is 52.2. The van der Waals surface area contributed by atoms with Gasteiger partial charge in [0.1, 0.15) is 23.9 Å². The summed E-state index contributed by atoms with van der Waals surface area (Å²) in [5, 5.41) is 63.4. The molecule has 10 atom stereocenters. The lowest BCUT2D eigenvalue weighted by Crippen LogP contribution is -2.64. The standard InChI is InChI=1S/C72H93N5O11/c1-5-6-7-15-31-74-32-33-85-56-38-58(88-72-30-14-11-18-47(72)23-21-43(2)76-72)65-64-49(56)24-25-50-62(64)55(75-68(65)82)37-57-63(50)66(80)51(42-87-57)45-34-59(84-4)67(81)60(35-45)86-41-48(40-78)71-29-16-20-53(54(71)26-22-44-17-9-10-19-52(44)71)70(27-12-8-13-28-70)77-61(79)36-46(39-73-3)69(77)83/h9-10,17,19,22,26,34-38,43,47-48,51,53-54,66,68,73-76,78,80-82H,5-8,11-16,18,20-21,23-25,27-33,39-42H2,1-4H3/t43-,47+,48+,51+,53+,54-,66+,68-,71+,72-/m1/s1. The number of aliphatic hydroxyl groups excluding tert-OH is 3. The van der Waals surface area contributed by atoms with Crippen LogP contribution in [0, 0.1) is 23.7 Å². The van der Waals surface area contributed by atoms with Gasteiger partial charge in [-0.3, -0.25) is 19.8 Å². The summed E-state index contributed by atoms with van der Waals surface area (Å²) in [5.41, 5.74) is 7.17. The van der Waals surface area contributed by atoms with Gasteiger partial charge in [-0.1, -0.05) is 94.7 Å². The molecule has 4 aromatic carbocycles. The molecular weight excluding hydrogens is 1110 g/mol. The Hall–Kier alpha value is -6.14. The molecule has 0 aromatic heterocycles. The second kappa shape index (κ2) is 25.3. The molecule has 0 bridgehead atoms. The van der Waals surface area contributed by atoms with Crippen molar-refractivity contribution in [3.63, 3.8) is 0 Å². The van der Waals surface area contributed by atoms with Crippen LogP contribution in [-0.2, 0) is 27.8 Å². The van der Waals surface area contributed by atoms with Gasteiger partial charge in [0, 0.05) is 100 Å². The first-order valence-corrected chi connectivity index (χ1v) is 33.5. The molecule has 88 heavy (non-hydrogen) atoms. The lowest BCUT2D eigenvalue weighted by atomic mass is 9.47. The van der Waals surface area contributed by atoms with Crippen molar-refractivity contribution in [2.45, 2.75) is 183 Å². The number of benzene rings is 4. The zero-order chi connectivity index (χ0) is 60.9. The predicted octanol–water partition coefficient (Wildman–Crippen LogP) is 11.0. The fraction of sp³-hybridized carbons (Fsp3) is 0.583. The van der Waals surface area contributed by atoms with E-state index in [9.17, 15) is 30.0 Å². The van der Waals surface area contributed by atoms with Gasteiger partial charge >= 0.3 is 0 Å². The van der Waals surface area contributed by atoms with Gasteiger partial charge in [-0.25, -0.2) is 0 Å². The molecule has 16 nitrogen and oxygen atoms in total. The monoisotopic (exact) mass is 1200 g/mol. The first kappa shape index (κ1) is 60.8. The number of aromatic hydroxyl groups is 1. The number of allylic oxidation sites excluding steroid dienone is 1. The molecule has 2 amide bonds. The number of hydrogen-bond acceptors (Lipinski definition) is 15. The molecule has 4 fully saturated rings. The van der Waals surface area contributed by atoms with E-state index in [-0.39, 0.29) is 66.8 Å². The van der Waals surface area contributed by atoms with Gasteiger partial charge in [-0.2, -0.15) is 0 Å². The van der Waals surface area contributed by atoms with Crippen molar-refractivity contribution in [1.82, 2.24) is 20.9 Å². The van der Waals surface area contributed by atoms with Crippen LogP contribution in [0.2, 0.25) is 0 Å². The molecule has 9 aliphatic rings. The average Bonchev–Trinajstić information content (AvgIpc) is 0.845. The number of phenolic OH excluding ortho intramolecular Hbond substituents is 1. The summed E-state index contributed by atoms with van der Waals surface area (Å²) >= 11 is 0. The van der Waals surface area contributed by atoms with Crippen molar-refractivity contribution in [2.24, 2.45) is 23.7 Å². The minimum absolute atomic E-state index is 0.0256. The number of hydrogen-bond donors (Lipinski definition) is 8. The van der Waals surface area contributed by atoms with Gasteiger partial charge < -0.3 is 60.1 Å². The van der Waals surface area contributed by atoms with Crippen molar-refractivity contribution in [3.05, 3.63) is 105 Å². The van der Waals surface area contributed by atoms with Crippen LogP contribution in [0.5, 0.6) is 34.5 Å². The number of fused-ring (bicyclic) bond motifs is 6. The fourth-order valence-electron chi connectivity index (χ4n) is 18.2. The summed E-state index contributed by atoms with van der Waals surface area (Å²) in [6.45, 7) is 6.79. The fourth-order valence-corrected chi connectivity index (χ4v) is 18.2. The second-order valence-electron chi connectivity index (χ2n) is 27.1. The molecule has 4 heterocycles. The Morgan fingerprint density at radius 2 is 1.66 bits per heavy atom. The van der Waals surface area contributed by atoms with Gasteiger partial charge in [0.05, 0.1) is 44.1 Å². The minimum Gasteiger partial charge on any atom is -0.502 e. The van der Waals surface area contributed by atoms with Crippen LogP contribution < -0.4 is 45.0 Å². The summed E-state index contributed by atoms with van der Waals surface area (Å²) in [5.74, 6) is 0.560. The highest BCUT2D eigenvalue weighted by atomic mass is 16.5. The third kappa shape index (κ3) is 10.5. The number of rotatable bonds is 22. The highest BCUT2D eigenvalue weighted by Gasteiger charge is 2.61. The number of aliphatic hydroxyl groups is 3. The Morgan fingerprint density at radius 3 is 2.48 bits per heavy atom. The van der Waals surface area contributed by atoms with Crippen LogP contribution >= 0.6 is 0 Å². The molecule has 472 valence electrons. The largest absolute Gasteiger partial charge is 0.502 e. The molecule has 0 spiro atoms. The highest BCUT2D eigenvalue weighted by molar-refractivity contribution is 6.17. The first-order chi connectivity index (χ1) is 42.9. The van der Waals surface area contributed by atoms with E-state index in [4.69, 9.17) is 23.7 Å². The van der Waals surface area contributed by atoms with Gasteiger partial charge in [0.25, 0.3) is 11.8 Å². The summed E-state index contributed by atoms with van der Waals surface area (Å²) in [7, 11) is 3.29. The van der Waals surface area contributed by atoms with Crippen LogP contribution in [0.25, 0.3) is 17.2 Å². The maximum absolute atomic E-state index is 14.4. The summed E-state index contributed by atoms with van der Waals surface area (Å²) < 4.78 is 33.7. The average molecular weight is 1200 g/mol. The SMILES string of the molecule is CCCCCCNCCOc1cc(O[C@]23CCCC[C@H]2CC[C@@H](C)N3)c2c3c1CCc1c-3c(cc3c1[C@@H](O)[C@H](c1cc(OC)c(O)c(OC[C@H](CO)[C@]45CCC[C@H](C6(N7C(=O)C=C(CNC)C7=O)CCCCC6)[C@H]4C=Cc4ccccc45)c1)CO3)N[C@@H]2O. The molecule has 13 rings (SSSR count). The van der Waals surface area contributed by atoms with E-state index in [1.807, 2.05) is 18.2 Å². The molecule has 1 saturated heterocycles. The summed E-state index contributed by atoms with van der Waals surface area (Å²) in [6, 6.07) is 16.1. The van der Waals surface area contributed by atoms with Crippen molar-refractivity contribution in [1.29, 1.82) is 0 Å². The molecule has 0 unspecified atom stereocenters. The number of methoxy groups -OCH3 is 1. The lowest BCUT2D eigenvalue weighted by molar-refractivity contribution is -0.153. The number of nitrogens with one attached hydrogen (secondary N) is 4. The number of carbonyl (C=O) groups excluding carboxylic acids is 2. The Balaban J connectivity index is 0.827. The van der Waals surface area contributed by atoms with E-state index in [1.54, 1.807) is 24.1 Å². The Kier molecular flexibility index (Phi) is 17.4. The number of unbranched alkanes of at least 4 members (excludes halogenated alkanes) is 3. The van der Waals surface area contributed by atoms with Gasteiger partial charge in [0.2, 0.25) is 5.75 Å². The number of piperidine rings is 1. The number of likely N-dealkylation sites (N-methyl/N-ethyl adjacent to an activating group) is 1. The van der Waals surface area contributed by atoms with Crippen molar-refractivity contribution >= 4 is 23.6 Å². The molecule has 5 aliphatic carbocycles. The number of nitrogens with zero attached hydrogens (tertiary/aromatic N) is 1. The topological polar surface area (TPSA) is 213 Å². The number of phenols is 1. The van der Waals surface area contributed by atoms with Gasteiger partial charge in [-0.05, 0) is 137 Å². The van der Waals surface area contributed by atoms with Crippen LogP contribution in [-0.4, -0.2) is 115 Å². The molecular formula is C72H93N5O11. The maximum atomic E-state index is 14.4. The van der Waals surface area contributed by atoms with Crippen molar-refractivity contribution in [2.75, 3.05) is 65.5 Å². The molecule has 3 saturated carbocycles. The number of amides is 2. The van der Waals surface area contributed by atoms with Crippen LogP contribution in [0.15, 0.2) is 66.3 Å². The number of imide groups is 1. The van der Waals surface area contributed by atoms with Crippen molar-refractivity contribution in [3.8, 4) is 45.6 Å². The first-order valence-electron chi connectivity index (χ1n) is 33.5. The van der Waals surface area contributed by atoms with Crippen LogP contribution in [0.1, 0.15) is 187 Å².